The highest BCUT2D eigenvalue weighted by Gasteiger charge is 2.41. The number of carbonyl (C=O) groups is 1. The van der Waals surface area contributed by atoms with Crippen molar-refractivity contribution in [2.24, 2.45) is 0 Å². The standard InChI is InChI=1S/C33H41NO2/c1-4-18-33(30-23-26(24-34)11-12-27(30)9-5-10-31(33)35)21-6-8-25(2)17-22-36-29-15-13-28(14-16-29)32(3)19-7-20-32/h11-16,23H,2,4-10,17-22H2,1,3H3. The lowest BCUT2D eigenvalue weighted by molar-refractivity contribution is -0.125. The summed E-state index contributed by atoms with van der Waals surface area (Å²) in [5.41, 5.74) is 5.49. The summed E-state index contributed by atoms with van der Waals surface area (Å²) in [5, 5.41) is 9.49. The third-order valence-electron chi connectivity index (χ3n) is 8.68. The number of carbonyl (C=O) groups excluding carboxylic acids is 1. The maximum Gasteiger partial charge on any atom is 0.143 e. The summed E-state index contributed by atoms with van der Waals surface area (Å²) in [6.45, 7) is 9.44. The lowest BCUT2D eigenvalue weighted by atomic mass is 9.66. The van der Waals surface area contributed by atoms with Crippen LogP contribution in [0.2, 0.25) is 0 Å². The SMILES string of the molecule is C=C(CCCC1(CCC)C(=O)CCCc2ccc(C#N)cc21)CCOc1ccc(C2(C)CCC2)cc1. The molecule has 0 radical (unpaired) electrons. The van der Waals surface area contributed by atoms with Crippen molar-refractivity contribution in [3.63, 3.8) is 0 Å². The Hall–Kier alpha value is -2.86. The lowest BCUT2D eigenvalue weighted by Gasteiger charge is -2.39. The minimum absolute atomic E-state index is 0.353. The molecule has 1 saturated carbocycles. The molecule has 0 spiro atoms. The van der Waals surface area contributed by atoms with Gasteiger partial charge in [-0.05, 0) is 97.7 Å². The van der Waals surface area contributed by atoms with Crippen LogP contribution in [0.5, 0.6) is 5.75 Å². The molecule has 190 valence electrons. The predicted molar refractivity (Wildman–Crippen MR) is 146 cm³/mol. The molecular formula is C33H41NO2. The van der Waals surface area contributed by atoms with Crippen LogP contribution in [0, 0.1) is 11.3 Å². The van der Waals surface area contributed by atoms with Gasteiger partial charge in [0.2, 0.25) is 0 Å². The summed E-state index contributed by atoms with van der Waals surface area (Å²) in [6, 6.07) is 16.9. The van der Waals surface area contributed by atoms with E-state index in [2.05, 4.69) is 56.8 Å². The average Bonchev–Trinajstić information content (AvgIpc) is 2.99. The molecule has 2 aromatic carbocycles. The third-order valence-corrected chi connectivity index (χ3v) is 8.68. The summed E-state index contributed by atoms with van der Waals surface area (Å²) in [7, 11) is 0. The normalized spacial score (nSPS) is 20.5. The van der Waals surface area contributed by atoms with E-state index in [9.17, 15) is 10.1 Å². The van der Waals surface area contributed by atoms with E-state index in [-0.39, 0.29) is 0 Å². The van der Waals surface area contributed by atoms with E-state index in [1.54, 1.807) is 0 Å². The minimum atomic E-state index is -0.469. The van der Waals surface area contributed by atoms with E-state index in [0.29, 0.717) is 29.8 Å². The van der Waals surface area contributed by atoms with Gasteiger partial charge in [0.05, 0.1) is 23.7 Å². The van der Waals surface area contributed by atoms with E-state index in [1.165, 1.54) is 36.0 Å². The molecule has 2 aliphatic carbocycles. The van der Waals surface area contributed by atoms with Gasteiger partial charge < -0.3 is 4.74 Å². The molecule has 1 fully saturated rings. The van der Waals surface area contributed by atoms with E-state index < -0.39 is 5.41 Å². The van der Waals surface area contributed by atoms with Gasteiger partial charge >= 0.3 is 0 Å². The second kappa shape index (κ2) is 11.5. The molecule has 1 unspecified atom stereocenters. The van der Waals surface area contributed by atoms with Crippen molar-refractivity contribution < 1.29 is 9.53 Å². The van der Waals surface area contributed by atoms with E-state index in [0.717, 1.165) is 62.7 Å². The largest absolute Gasteiger partial charge is 0.493 e. The Bertz CT molecular complexity index is 1120. The Morgan fingerprint density at radius 2 is 1.83 bits per heavy atom. The number of hydrogen-bond acceptors (Lipinski definition) is 3. The van der Waals surface area contributed by atoms with Crippen molar-refractivity contribution in [3.8, 4) is 11.8 Å². The molecule has 4 rings (SSSR count). The van der Waals surface area contributed by atoms with Crippen molar-refractivity contribution in [2.45, 2.75) is 102 Å². The fraction of sp³-hybridized carbons (Fsp3) is 0.515. The number of aryl methyl sites for hydroxylation is 1. The van der Waals surface area contributed by atoms with Crippen molar-refractivity contribution in [1.82, 2.24) is 0 Å². The molecule has 36 heavy (non-hydrogen) atoms. The number of benzene rings is 2. The number of nitrogens with zero attached hydrogens (tertiary/aromatic N) is 1. The quantitative estimate of drug-likeness (QED) is 0.239. The molecule has 0 heterocycles. The Labute approximate surface area is 217 Å². The molecule has 3 heteroatoms. The van der Waals surface area contributed by atoms with Crippen molar-refractivity contribution in [1.29, 1.82) is 5.26 Å². The van der Waals surface area contributed by atoms with Crippen molar-refractivity contribution in [2.75, 3.05) is 6.61 Å². The Morgan fingerprint density at radius 3 is 2.50 bits per heavy atom. The number of Topliss-reactive ketones (excluding diaryl/α,β-unsaturated/α-hetero) is 1. The molecule has 0 N–H and O–H groups in total. The van der Waals surface area contributed by atoms with Gasteiger partial charge in [0, 0.05) is 12.8 Å². The maximum atomic E-state index is 13.5. The van der Waals surface area contributed by atoms with Crippen LogP contribution >= 0.6 is 0 Å². The van der Waals surface area contributed by atoms with Crippen LogP contribution in [0.1, 0.15) is 107 Å². The monoisotopic (exact) mass is 483 g/mol. The van der Waals surface area contributed by atoms with Crippen LogP contribution in [0.25, 0.3) is 0 Å². The molecule has 2 aliphatic rings. The molecule has 1 atom stereocenters. The maximum absolute atomic E-state index is 13.5. The Balaban J connectivity index is 1.32. The summed E-state index contributed by atoms with van der Waals surface area (Å²) in [6.07, 6.45) is 11.6. The highest BCUT2D eigenvalue weighted by atomic mass is 16.5. The molecule has 0 amide bonds. The van der Waals surface area contributed by atoms with Gasteiger partial charge in [0.1, 0.15) is 11.5 Å². The van der Waals surface area contributed by atoms with Crippen LogP contribution in [-0.4, -0.2) is 12.4 Å². The van der Waals surface area contributed by atoms with Gasteiger partial charge in [-0.3, -0.25) is 4.79 Å². The van der Waals surface area contributed by atoms with Gasteiger partial charge in [0.25, 0.3) is 0 Å². The third kappa shape index (κ3) is 5.59. The number of rotatable bonds is 11. The van der Waals surface area contributed by atoms with Crippen LogP contribution in [0.4, 0.5) is 0 Å². The first-order chi connectivity index (χ1) is 17.4. The molecule has 0 bridgehead atoms. The highest BCUT2D eigenvalue weighted by Crippen LogP contribution is 2.44. The van der Waals surface area contributed by atoms with Crippen LogP contribution in [0.3, 0.4) is 0 Å². The fourth-order valence-corrected chi connectivity index (χ4v) is 6.27. The van der Waals surface area contributed by atoms with Crippen LogP contribution in [-0.2, 0) is 22.0 Å². The second-order valence-corrected chi connectivity index (χ2v) is 11.2. The van der Waals surface area contributed by atoms with Crippen molar-refractivity contribution in [3.05, 3.63) is 76.9 Å². The predicted octanol–water partition coefficient (Wildman–Crippen LogP) is 8.14. The molecule has 0 aromatic heterocycles. The van der Waals surface area contributed by atoms with Gasteiger partial charge in [-0.1, -0.05) is 57.0 Å². The van der Waals surface area contributed by atoms with Gasteiger partial charge in [-0.15, -0.1) is 0 Å². The van der Waals surface area contributed by atoms with Gasteiger partial charge in [-0.25, -0.2) is 0 Å². The van der Waals surface area contributed by atoms with E-state index >= 15 is 0 Å². The summed E-state index contributed by atoms with van der Waals surface area (Å²) in [4.78, 5) is 13.5. The second-order valence-electron chi connectivity index (χ2n) is 11.2. The first-order valence-corrected chi connectivity index (χ1v) is 13.9. The molecular weight excluding hydrogens is 442 g/mol. The number of ether oxygens (including phenoxy) is 1. The van der Waals surface area contributed by atoms with E-state index in [1.807, 2.05) is 12.1 Å². The summed E-state index contributed by atoms with van der Waals surface area (Å²) >= 11 is 0. The van der Waals surface area contributed by atoms with Gasteiger partial charge in [0.15, 0.2) is 0 Å². The highest BCUT2D eigenvalue weighted by molar-refractivity contribution is 5.91. The topological polar surface area (TPSA) is 50.1 Å². The Morgan fingerprint density at radius 1 is 1.06 bits per heavy atom. The van der Waals surface area contributed by atoms with Gasteiger partial charge in [-0.2, -0.15) is 5.26 Å². The van der Waals surface area contributed by atoms with Crippen LogP contribution < -0.4 is 4.74 Å². The number of fused-ring (bicyclic) bond motifs is 1. The molecule has 3 nitrogen and oxygen atoms in total. The molecule has 0 aliphatic heterocycles. The molecule has 2 aromatic rings. The zero-order chi connectivity index (χ0) is 25.6. The number of nitriles is 1. The minimum Gasteiger partial charge on any atom is -0.493 e. The number of hydrogen-bond donors (Lipinski definition) is 0. The summed E-state index contributed by atoms with van der Waals surface area (Å²) in [5.74, 6) is 1.27. The zero-order valence-corrected chi connectivity index (χ0v) is 22.2. The zero-order valence-electron chi connectivity index (χ0n) is 22.2. The first kappa shape index (κ1) is 26.2. The van der Waals surface area contributed by atoms with E-state index in [4.69, 9.17) is 4.74 Å². The Kier molecular flexibility index (Phi) is 8.35. The first-order valence-electron chi connectivity index (χ1n) is 13.9. The average molecular weight is 484 g/mol. The smallest absolute Gasteiger partial charge is 0.143 e. The molecule has 0 saturated heterocycles. The number of ketones is 1. The lowest BCUT2D eigenvalue weighted by Crippen LogP contribution is -2.36. The fourth-order valence-electron chi connectivity index (χ4n) is 6.27. The van der Waals surface area contributed by atoms with Crippen LogP contribution in [0.15, 0.2) is 54.6 Å². The van der Waals surface area contributed by atoms with Crippen molar-refractivity contribution >= 4 is 5.78 Å². The summed E-state index contributed by atoms with van der Waals surface area (Å²) < 4.78 is 6.01.